The number of nitriles is 1. The number of hydrogen-bond acceptors (Lipinski definition) is 2. The number of Topliss-reactive ketones (excluding diaryl/α,β-unsaturated/α-hetero) is 1. The molecular formula is C19H20N2OS. The quantitative estimate of drug-likeness (QED) is 0.622. The molecule has 4 heteroatoms. The molecule has 0 saturated heterocycles. The smallest absolute Gasteiger partial charge is 0.161 e. The molecule has 0 aliphatic rings. The Morgan fingerprint density at radius 2 is 1.78 bits per heavy atom. The van der Waals surface area contributed by atoms with Crippen molar-refractivity contribution in [2.75, 3.05) is 18.8 Å². The highest BCUT2D eigenvalue weighted by Gasteiger charge is 2.15. The summed E-state index contributed by atoms with van der Waals surface area (Å²) in [5, 5.41) is 12.2. The lowest BCUT2D eigenvalue weighted by Crippen LogP contribution is -2.02. The van der Waals surface area contributed by atoms with E-state index in [1.807, 2.05) is 29.7 Å². The Balaban J connectivity index is 2.66. The van der Waals surface area contributed by atoms with Crippen molar-refractivity contribution in [1.82, 2.24) is 4.57 Å². The Bertz CT molecular complexity index is 850. The van der Waals surface area contributed by atoms with Crippen LogP contribution in [0.5, 0.6) is 0 Å². The summed E-state index contributed by atoms with van der Waals surface area (Å²) in [4.78, 5) is 11.9. The van der Waals surface area contributed by atoms with Crippen LogP contribution in [0.3, 0.4) is 0 Å². The second-order valence-corrected chi connectivity index (χ2v) is 10.0. The molecule has 0 bridgehead atoms. The fourth-order valence-corrected chi connectivity index (χ4v) is 2.69. The molecule has 0 aliphatic carbocycles. The molecule has 0 spiro atoms. The average molecular weight is 324 g/mol. The van der Waals surface area contributed by atoms with Crippen molar-refractivity contribution in [3.63, 3.8) is 0 Å². The second kappa shape index (κ2) is 6.36. The van der Waals surface area contributed by atoms with Gasteiger partial charge in [-0.25, -0.2) is 0 Å². The molecule has 0 atom stereocenters. The van der Waals surface area contributed by atoms with Gasteiger partial charge in [-0.05, 0) is 74.1 Å². The number of carbonyl (C=O) groups is 1. The maximum absolute atomic E-state index is 11.9. The van der Waals surface area contributed by atoms with Crippen molar-refractivity contribution in [1.29, 1.82) is 5.26 Å². The lowest BCUT2D eigenvalue weighted by atomic mass is 10.2. The lowest BCUT2D eigenvalue weighted by molar-refractivity contribution is 0.101. The van der Waals surface area contributed by atoms with Crippen molar-refractivity contribution in [3.05, 3.63) is 52.8 Å². The minimum atomic E-state index is -0.958. The number of hydrogen-bond donors (Lipinski definition) is 0. The van der Waals surface area contributed by atoms with E-state index in [2.05, 4.69) is 36.0 Å². The maximum Gasteiger partial charge on any atom is 0.161 e. The zero-order chi connectivity index (χ0) is 17.2. The van der Waals surface area contributed by atoms with Crippen LogP contribution in [-0.4, -0.2) is 29.1 Å². The van der Waals surface area contributed by atoms with Crippen LogP contribution in [0.25, 0.3) is 5.69 Å². The van der Waals surface area contributed by atoms with Gasteiger partial charge in [-0.3, -0.25) is 4.79 Å². The Hall–Kier alpha value is -2.43. The van der Waals surface area contributed by atoms with Gasteiger partial charge >= 0.3 is 0 Å². The number of rotatable bonds is 2. The first-order valence-corrected chi connectivity index (χ1v) is 10.0. The summed E-state index contributed by atoms with van der Waals surface area (Å²) in [5.74, 6) is 3.26. The summed E-state index contributed by atoms with van der Waals surface area (Å²) in [6.07, 6.45) is 6.40. The van der Waals surface area contributed by atoms with Gasteiger partial charge in [0.05, 0.1) is 17.3 Å². The first-order chi connectivity index (χ1) is 10.7. The van der Waals surface area contributed by atoms with E-state index in [0.717, 1.165) is 17.1 Å². The predicted molar refractivity (Wildman–Crippen MR) is 97.5 cm³/mol. The molecule has 3 nitrogen and oxygen atoms in total. The number of aromatic nitrogens is 1. The fraction of sp³-hybridized carbons (Fsp3) is 0.263. The summed E-state index contributed by atoms with van der Waals surface area (Å²) in [6.45, 7) is 3.49. The van der Waals surface area contributed by atoms with Gasteiger partial charge in [-0.2, -0.15) is 15.3 Å². The Labute approximate surface area is 139 Å². The van der Waals surface area contributed by atoms with Gasteiger partial charge in [0.2, 0.25) is 0 Å². The van der Waals surface area contributed by atoms with Crippen LogP contribution < -0.4 is 0 Å². The van der Waals surface area contributed by atoms with E-state index in [0.29, 0.717) is 11.1 Å². The van der Waals surface area contributed by atoms with Crippen molar-refractivity contribution < 1.29 is 4.79 Å². The van der Waals surface area contributed by atoms with Crippen LogP contribution in [0.2, 0.25) is 0 Å². The van der Waals surface area contributed by atoms with Crippen molar-refractivity contribution in [3.8, 4) is 22.9 Å². The standard InChI is InChI=1S/C19H20N2OS/c1-14-19(15(2)22)12-18(10-11-23(3,4)5)21(14)17-8-6-16(13-20)7-9-17/h6-9,12H,1-5H3. The van der Waals surface area contributed by atoms with Crippen molar-refractivity contribution >= 4 is 15.8 Å². The first kappa shape index (κ1) is 16.9. The van der Waals surface area contributed by atoms with E-state index in [-0.39, 0.29) is 5.78 Å². The molecule has 0 amide bonds. The maximum atomic E-state index is 11.9. The predicted octanol–water partition coefficient (Wildman–Crippen LogP) is 3.86. The molecular weight excluding hydrogens is 304 g/mol. The fourth-order valence-electron chi connectivity index (χ4n) is 2.28. The van der Waals surface area contributed by atoms with E-state index in [9.17, 15) is 4.79 Å². The normalized spacial score (nSPS) is 11.3. The number of ketones is 1. The SMILES string of the molecule is CC(=O)c1cc(C#CS(C)(C)C)n(-c2ccc(C#N)cc2)c1C. The number of benzene rings is 1. The molecule has 1 heterocycles. The van der Waals surface area contributed by atoms with E-state index in [1.54, 1.807) is 19.1 Å². The summed E-state index contributed by atoms with van der Waals surface area (Å²) < 4.78 is 1.98. The average Bonchev–Trinajstić information content (AvgIpc) is 2.81. The Morgan fingerprint density at radius 3 is 2.26 bits per heavy atom. The van der Waals surface area contributed by atoms with Crippen LogP contribution in [-0.2, 0) is 0 Å². The van der Waals surface area contributed by atoms with Crippen LogP contribution in [0.4, 0.5) is 0 Å². The summed E-state index contributed by atoms with van der Waals surface area (Å²) >= 11 is 0. The topological polar surface area (TPSA) is 45.8 Å². The molecule has 118 valence electrons. The molecule has 1 aromatic heterocycles. The minimum absolute atomic E-state index is 0.0288. The van der Waals surface area contributed by atoms with E-state index < -0.39 is 10.0 Å². The van der Waals surface area contributed by atoms with Gasteiger partial charge in [-0.1, -0.05) is 0 Å². The third-order valence-corrected chi connectivity index (χ3v) is 4.08. The van der Waals surface area contributed by atoms with Crippen molar-refractivity contribution in [2.24, 2.45) is 0 Å². The molecule has 23 heavy (non-hydrogen) atoms. The molecule has 0 fully saturated rings. The monoisotopic (exact) mass is 324 g/mol. The summed E-state index contributed by atoms with van der Waals surface area (Å²) in [5.41, 5.74) is 3.87. The lowest BCUT2D eigenvalue weighted by Gasteiger charge is -2.15. The van der Waals surface area contributed by atoms with Crippen LogP contribution in [0.15, 0.2) is 30.3 Å². The molecule has 0 saturated carbocycles. The Kier molecular flexibility index (Phi) is 4.68. The number of nitrogens with zero attached hydrogens (tertiary/aromatic N) is 2. The highest BCUT2D eigenvalue weighted by molar-refractivity contribution is 8.35. The molecule has 2 aromatic rings. The van der Waals surface area contributed by atoms with Gasteiger partial charge in [-0.15, -0.1) is 0 Å². The first-order valence-electron chi connectivity index (χ1n) is 7.18. The van der Waals surface area contributed by atoms with Crippen LogP contribution in [0, 0.1) is 29.4 Å². The molecule has 1 aromatic carbocycles. The number of carbonyl (C=O) groups excluding carboxylic acids is 1. The van der Waals surface area contributed by atoms with Crippen LogP contribution >= 0.6 is 10.0 Å². The van der Waals surface area contributed by atoms with Gasteiger partial charge in [0.15, 0.2) is 5.78 Å². The summed E-state index contributed by atoms with van der Waals surface area (Å²) in [7, 11) is -0.958. The third-order valence-electron chi connectivity index (χ3n) is 3.37. The zero-order valence-electron chi connectivity index (χ0n) is 14.1. The highest BCUT2D eigenvalue weighted by atomic mass is 32.3. The van der Waals surface area contributed by atoms with Crippen LogP contribution in [0.1, 0.15) is 34.2 Å². The molecule has 0 radical (unpaired) electrons. The van der Waals surface area contributed by atoms with Gasteiger partial charge in [0.25, 0.3) is 0 Å². The Morgan fingerprint density at radius 1 is 1.17 bits per heavy atom. The van der Waals surface area contributed by atoms with E-state index in [1.165, 1.54) is 0 Å². The van der Waals surface area contributed by atoms with Crippen molar-refractivity contribution in [2.45, 2.75) is 13.8 Å². The molecule has 0 unspecified atom stereocenters. The highest BCUT2D eigenvalue weighted by Crippen LogP contribution is 2.32. The largest absolute Gasteiger partial charge is 0.307 e. The molecule has 2 rings (SSSR count). The van der Waals surface area contributed by atoms with Gasteiger partial charge in [0, 0.05) is 16.9 Å². The van der Waals surface area contributed by atoms with E-state index >= 15 is 0 Å². The third kappa shape index (κ3) is 3.86. The summed E-state index contributed by atoms with van der Waals surface area (Å²) in [6, 6.07) is 11.3. The zero-order valence-corrected chi connectivity index (χ0v) is 14.9. The van der Waals surface area contributed by atoms with Gasteiger partial charge in [0.1, 0.15) is 0 Å². The molecule has 0 aliphatic heterocycles. The molecule has 0 N–H and O–H groups in total. The minimum Gasteiger partial charge on any atom is -0.307 e. The second-order valence-electron chi connectivity index (χ2n) is 6.14. The van der Waals surface area contributed by atoms with Gasteiger partial charge < -0.3 is 4.57 Å². The van der Waals surface area contributed by atoms with E-state index in [4.69, 9.17) is 5.26 Å².